The predicted molar refractivity (Wildman–Crippen MR) is 53.2 cm³/mol. The van der Waals surface area contributed by atoms with Crippen LogP contribution in [0.5, 0.6) is 0 Å². The minimum atomic E-state index is -0.921. The molecule has 13 heavy (non-hydrogen) atoms. The molecule has 0 aromatic heterocycles. The van der Waals surface area contributed by atoms with Crippen LogP contribution in [-0.2, 0) is 9.47 Å². The Hall–Kier alpha value is 0.200. The molecule has 0 bridgehead atoms. The summed E-state index contributed by atoms with van der Waals surface area (Å²) in [4.78, 5) is 0. The van der Waals surface area contributed by atoms with E-state index in [2.05, 4.69) is 0 Å². The lowest BCUT2D eigenvalue weighted by molar-refractivity contribution is -0.0577. The van der Waals surface area contributed by atoms with Crippen molar-refractivity contribution in [2.75, 3.05) is 13.2 Å². The van der Waals surface area contributed by atoms with Gasteiger partial charge in [-0.05, 0) is 12.8 Å². The van der Waals surface area contributed by atoms with Crippen LogP contribution in [-0.4, -0.2) is 31.6 Å². The van der Waals surface area contributed by atoms with Gasteiger partial charge >= 0.3 is 0 Å². The molecule has 0 radical (unpaired) electrons. The molecule has 0 aromatic rings. The molecule has 1 aliphatic carbocycles. The van der Waals surface area contributed by atoms with Gasteiger partial charge in [-0.15, -0.1) is 0 Å². The number of hydrogen-bond acceptors (Lipinski definition) is 2. The lowest BCUT2D eigenvalue weighted by Gasteiger charge is -2.28. The summed E-state index contributed by atoms with van der Waals surface area (Å²) in [6.07, 6.45) is 3.88. The zero-order chi connectivity index (χ0) is 8.39. The maximum absolute atomic E-state index is 12.8. The molecular weight excluding hydrogens is 191 g/mol. The first-order valence-corrected chi connectivity index (χ1v) is 4.73. The summed E-state index contributed by atoms with van der Waals surface area (Å²) in [6, 6.07) is 0. The smallest absolute Gasteiger partial charge is 0.147 e. The predicted octanol–water partition coefficient (Wildman–Crippen LogP) is 1.80. The SMILES string of the molecule is FC1COC2CCCCC2OC1.S. The van der Waals surface area contributed by atoms with E-state index in [1.165, 1.54) is 12.8 Å². The molecule has 0 spiro atoms. The fraction of sp³-hybridized carbons (Fsp3) is 1.00. The fourth-order valence-electron chi connectivity index (χ4n) is 1.95. The van der Waals surface area contributed by atoms with Crippen molar-refractivity contribution in [3.05, 3.63) is 0 Å². The highest BCUT2D eigenvalue weighted by Gasteiger charge is 2.30. The van der Waals surface area contributed by atoms with Crippen LogP contribution in [0.2, 0.25) is 0 Å². The molecule has 0 N–H and O–H groups in total. The van der Waals surface area contributed by atoms with E-state index in [4.69, 9.17) is 9.47 Å². The Balaban J connectivity index is 0.000000845. The average molecular weight is 208 g/mol. The number of fused-ring (bicyclic) bond motifs is 1. The Morgan fingerprint density at radius 1 is 0.923 bits per heavy atom. The van der Waals surface area contributed by atoms with Crippen LogP contribution in [0.4, 0.5) is 4.39 Å². The van der Waals surface area contributed by atoms with Crippen LogP contribution < -0.4 is 0 Å². The molecule has 2 unspecified atom stereocenters. The number of rotatable bonds is 0. The third-order valence-electron chi connectivity index (χ3n) is 2.62. The van der Waals surface area contributed by atoms with Crippen LogP contribution in [0, 0.1) is 0 Å². The van der Waals surface area contributed by atoms with Crippen LogP contribution in [0.15, 0.2) is 0 Å². The molecule has 2 rings (SSSR count). The van der Waals surface area contributed by atoms with Crippen molar-refractivity contribution in [3.8, 4) is 0 Å². The summed E-state index contributed by atoms with van der Waals surface area (Å²) in [5.41, 5.74) is 0. The maximum atomic E-state index is 12.8. The van der Waals surface area contributed by atoms with Gasteiger partial charge in [-0.2, -0.15) is 13.5 Å². The van der Waals surface area contributed by atoms with Crippen molar-refractivity contribution in [1.82, 2.24) is 0 Å². The van der Waals surface area contributed by atoms with Gasteiger partial charge in [-0.1, -0.05) is 12.8 Å². The minimum Gasteiger partial charge on any atom is -0.372 e. The van der Waals surface area contributed by atoms with Gasteiger partial charge in [0.15, 0.2) is 0 Å². The molecule has 1 aliphatic heterocycles. The molecule has 0 amide bonds. The molecule has 1 heterocycles. The second-order valence-electron chi connectivity index (χ2n) is 3.63. The Morgan fingerprint density at radius 2 is 1.38 bits per heavy atom. The van der Waals surface area contributed by atoms with Gasteiger partial charge in [0.25, 0.3) is 0 Å². The Kier molecular flexibility index (Phi) is 4.49. The minimum absolute atomic E-state index is 0. The van der Waals surface area contributed by atoms with Gasteiger partial charge in [0.05, 0.1) is 25.4 Å². The third kappa shape index (κ3) is 2.82. The van der Waals surface area contributed by atoms with E-state index in [9.17, 15) is 4.39 Å². The van der Waals surface area contributed by atoms with E-state index >= 15 is 0 Å². The second-order valence-corrected chi connectivity index (χ2v) is 3.63. The highest BCUT2D eigenvalue weighted by Crippen LogP contribution is 2.26. The summed E-state index contributed by atoms with van der Waals surface area (Å²) in [5, 5.41) is 0. The van der Waals surface area contributed by atoms with Crippen LogP contribution in [0.1, 0.15) is 25.7 Å². The Labute approximate surface area is 85.2 Å². The standard InChI is InChI=1S/C9H15FO2.H2S/c10-7-5-11-8-3-1-2-4-9(8)12-6-7;/h7-9H,1-6H2;1H2. The summed E-state index contributed by atoms with van der Waals surface area (Å²) in [7, 11) is 0. The van der Waals surface area contributed by atoms with Gasteiger partial charge in [-0.3, -0.25) is 0 Å². The first kappa shape index (κ1) is 11.3. The molecule has 2 nitrogen and oxygen atoms in total. The largest absolute Gasteiger partial charge is 0.372 e. The van der Waals surface area contributed by atoms with Crippen LogP contribution >= 0.6 is 13.5 Å². The topological polar surface area (TPSA) is 18.5 Å². The van der Waals surface area contributed by atoms with Gasteiger partial charge in [-0.25, -0.2) is 4.39 Å². The quantitative estimate of drug-likeness (QED) is 0.604. The van der Waals surface area contributed by atoms with Gasteiger partial charge in [0.1, 0.15) is 6.17 Å². The number of alkyl halides is 1. The number of hydrogen-bond donors (Lipinski definition) is 0. The molecule has 4 heteroatoms. The van der Waals surface area contributed by atoms with Crippen molar-refractivity contribution in [3.63, 3.8) is 0 Å². The Morgan fingerprint density at radius 3 is 1.85 bits per heavy atom. The highest BCUT2D eigenvalue weighted by atomic mass is 32.1. The lowest BCUT2D eigenvalue weighted by Crippen LogP contribution is -2.32. The van der Waals surface area contributed by atoms with Gasteiger partial charge < -0.3 is 9.47 Å². The molecule has 1 saturated carbocycles. The molecular formula is C9H17FO2S. The fourth-order valence-corrected chi connectivity index (χ4v) is 1.95. The van der Waals surface area contributed by atoms with Crippen molar-refractivity contribution < 1.29 is 13.9 Å². The second kappa shape index (κ2) is 5.17. The Bertz CT molecular complexity index is 141. The molecule has 2 aliphatic rings. The number of ether oxygens (including phenoxy) is 2. The van der Waals surface area contributed by atoms with Crippen molar-refractivity contribution in [2.24, 2.45) is 0 Å². The van der Waals surface area contributed by atoms with Crippen molar-refractivity contribution in [1.29, 1.82) is 0 Å². The van der Waals surface area contributed by atoms with E-state index in [-0.39, 0.29) is 38.9 Å². The van der Waals surface area contributed by atoms with E-state index in [0.29, 0.717) is 0 Å². The van der Waals surface area contributed by atoms with E-state index in [1.807, 2.05) is 0 Å². The summed E-state index contributed by atoms with van der Waals surface area (Å²) in [6.45, 7) is 0.447. The van der Waals surface area contributed by atoms with E-state index in [1.54, 1.807) is 0 Å². The van der Waals surface area contributed by atoms with Crippen molar-refractivity contribution in [2.45, 2.75) is 44.1 Å². The summed E-state index contributed by atoms with van der Waals surface area (Å²) < 4.78 is 23.7. The maximum Gasteiger partial charge on any atom is 0.147 e. The van der Waals surface area contributed by atoms with E-state index < -0.39 is 6.17 Å². The molecule has 1 saturated heterocycles. The first-order valence-electron chi connectivity index (χ1n) is 4.73. The van der Waals surface area contributed by atoms with Crippen molar-refractivity contribution >= 4 is 13.5 Å². The number of halogens is 1. The third-order valence-corrected chi connectivity index (χ3v) is 2.62. The zero-order valence-corrected chi connectivity index (χ0v) is 8.67. The van der Waals surface area contributed by atoms with Crippen LogP contribution in [0.25, 0.3) is 0 Å². The highest BCUT2D eigenvalue weighted by molar-refractivity contribution is 7.59. The zero-order valence-electron chi connectivity index (χ0n) is 7.67. The lowest BCUT2D eigenvalue weighted by atomic mass is 9.95. The normalized spacial score (nSPS) is 39.9. The molecule has 78 valence electrons. The molecule has 2 fully saturated rings. The first-order chi connectivity index (χ1) is 5.86. The van der Waals surface area contributed by atoms with E-state index in [0.717, 1.165) is 12.8 Å². The average Bonchev–Trinajstić information content (AvgIpc) is 2.29. The van der Waals surface area contributed by atoms with Crippen LogP contribution in [0.3, 0.4) is 0 Å². The molecule has 0 aromatic carbocycles. The van der Waals surface area contributed by atoms with Gasteiger partial charge in [0.2, 0.25) is 0 Å². The summed E-state index contributed by atoms with van der Waals surface area (Å²) in [5.74, 6) is 0. The van der Waals surface area contributed by atoms with Gasteiger partial charge in [0, 0.05) is 0 Å². The monoisotopic (exact) mass is 208 g/mol. The summed E-state index contributed by atoms with van der Waals surface area (Å²) >= 11 is 0. The molecule has 2 atom stereocenters.